The SMILES string of the molecule is CCCOCCC(=O)NC1(C(N)=NO)CCN(C)CC1. The molecule has 7 nitrogen and oxygen atoms in total. The fraction of sp³-hybridized carbons (Fsp3) is 0.846. The van der Waals surface area contributed by atoms with Crippen LogP contribution in [-0.2, 0) is 9.53 Å². The number of amides is 1. The summed E-state index contributed by atoms with van der Waals surface area (Å²) in [6, 6.07) is 0. The van der Waals surface area contributed by atoms with E-state index in [9.17, 15) is 4.79 Å². The average Bonchev–Trinajstić information content (AvgIpc) is 2.45. The third-order valence-corrected chi connectivity index (χ3v) is 3.64. The van der Waals surface area contributed by atoms with Crippen LogP contribution in [-0.4, -0.2) is 60.7 Å². The summed E-state index contributed by atoms with van der Waals surface area (Å²) >= 11 is 0. The summed E-state index contributed by atoms with van der Waals surface area (Å²) in [7, 11) is 2.01. The third-order valence-electron chi connectivity index (χ3n) is 3.64. The molecule has 0 spiro atoms. The molecule has 1 rings (SSSR count). The molecule has 1 saturated heterocycles. The second-order valence-corrected chi connectivity index (χ2v) is 5.28. The molecule has 20 heavy (non-hydrogen) atoms. The molecule has 1 heterocycles. The summed E-state index contributed by atoms with van der Waals surface area (Å²) in [4.78, 5) is 14.1. The van der Waals surface area contributed by atoms with Gasteiger partial charge in [-0.05, 0) is 26.3 Å². The van der Waals surface area contributed by atoms with E-state index < -0.39 is 5.54 Å². The van der Waals surface area contributed by atoms with Crippen molar-refractivity contribution in [1.82, 2.24) is 10.2 Å². The van der Waals surface area contributed by atoms with Crippen molar-refractivity contribution in [3.63, 3.8) is 0 Å². The summed E-state index contributed by atoms with van der Waals surface area (Å²) in [6.45, 7) is 4.66. The van der Waals surface area contributed by atoms with Crippen LogP contribution < -0.4 is 11.1 Å². The van der Waals surface area contributed by atoms with Gasteiger partial charge in [-0.25, -0.2) is 0 Å². The van der Waals surface area contributed by atoms with Gasteiger partial charge in [-0.2, -0.15) is 0 Å². The minimum absolute atomic E-state index is 0.0772. The number of piperidine rings is 1. The van der Waals surface area contributed by atoms with Crippen LogP contribution in [0.25, 0.3) is 0 Å². The highest BCUT2D eigenvalue weighted by Gasteiger charge is 2.39. The van der Waals surface area contributed by atoms with Gasteiger partial charge in [0.2, 0.25) is 5.91 Å². The Morgan fingerprint density at radius 2 is 2.10 bits per heavy atom. The van der Waals surface area contributed by atoms with Crippen molar-refractivity contribution in [2.24, 2.45) is 10.9 Å². The summed E-state index contributed by atoms with van der Waals surface area (Å²) in [5, 5.41) is 15.0. The van der Waals surface area contributed by atoms with Gasteiger partial charge in [-0.1, -0.05) is 12.1 Å². The fourth-order valence-corrected chi connectivity index (χ4v) is 2.28. The molecule has 0 aromatic heterocycles. The smallest absolute Gasteiger partial charge is 0.223 e. The van der Waals surface area contributed by atoms with Crippen LogP contribution in [0.15, 0.2) is 5.16 Å². The van der Waals surface area contributed by atoms with E-state index in [-0.39, 0.29) is 18.2 Å². The van der Waals surface area contributed by atoms with Crippen molar-refractivity contribution < 1.29 is 14.7 Å². The highest BCUT2D eigenvalue weighted by molar-refractivity contribution is 5.94. The molecular formula is C13H26N4O3. The summed E-state index contributed by atoms with van der Waals surface area (Å²) in [5.74, 6) is -0.0503. The van der Waals surface area contributed by atoms with Gasteiger partial charge < -0.3 is 25.9 Å². The molecule has 0 radical (unpaired) electrons. The van der Waals surface area contributed by atoms with Crippen LogP contribution >= 0.6 is 0 Å². The topological polar surface area (TPSA) is 100 Å². The van der Waals surface area contributed by atoms with Crippen molar-refractivity contribution in [2.45, 2.75) is 38.1 Å². The first kappa shape index (κ1) is 16.7. The van der Waals surface area contributed by atoms with Crippen LogP contribution in [0.4, 0.5) is 0 Å². The maximum Gasteiger partial charge on any atom is 0.223 e. The maximum atomic E-state index is 12.0. The zero-order valence-corrected chi connectivity index (χ0v) is 12.4. The van der Waals surface area contributed by atoms with Gasteiger partial charge in [0, 0.05) is 26.1 Å². The van der Waals surface area contributed by atoms with E-state index in [1.807, 2.05) is 14.0 Å². The minimum atomic E-state index is -0.733. The standard InChI is InChI=1S/C13H26N4O3/c1-3-9-20-10-4-11(18)15-13(12(14)16-19)5-7-17(2)8-6-13/h19H,3-10H2,1-2H3,(H2,14,16)(H,15,18). The van der Waals surface area contributed by atoms with Crippen molar-refractivity contribution in [2.75, 3.05) is 33.4 Å². The van der Waals surface area contributed by atoms with Crippen LogP contribution in [0.1, 0.15) is 32.6 Å². The summed E-state index contributed by atoms with van der Waals surface area (Å²) < 4.78 is 5.30. The zero-order valence-electron chi connectivity index (χ0n) is 12.4. The number of likely N-dealkylation sites (tertiary alicyclic amines) is 1. The van der Waals surface area contributed by atoms with Crippen molar-refractivity contribution in [1.29, 1.82) is 0 Å². The van der Waals surface area contributed by atoms with Crippen LogP contribution in [0, 0.1) is 0 Å². The fourth-order valence-electron chi connectivity index (χ4n) is 2.28. The van der Waals surface area contributed by atoms with Crippen molar-refractivity contribution in [3.8, 4) is 0 Å². The molecule has 1 aliphatic heterocycles. The van der Waals surface area contributed by atoms with Crippen molar-refractivity contribution in [3.05, 3.63) is 0 Å². The van der Waals surface area contributed by atoms with E-state index >= 15 is 0 Å². The number of nitrogens with two attached hydrogens (primary N) is 1. The lowest BCUT2D eigenvalue weighted by Crippen LogP contribution is -2.62. The number of hydrogen-bond acceptors (Lipinski definition) is 5. The number of amidine groups is 1. The van der Waals surface area contributed by atoms with E-state index in [0.717, 1.165) is 19.5 Å². The van der Waals surface area contributed by atoms with Gasteiger partial charge in [0.05, 0.1) is 6.61 Å². The molecule has 0 aromatic carbocycles. The second-order valence-electron chi connectivity index (χ2n) is 5.28. The molecule has 1 amide bonds. The summed E-state index contributed by atoms with van der Waals surface area (Å²) in [5.41, 5.74) is 5.06. The molecule has 0 unspecified atom stereocenters. The third kappa shape index (κ3) is 4.64. The Labute approximate surface area is 120 Å². The largest absolute Gasteiger partial charge is 0.409 e. The Bertz CT molecular complexity index is 339. The molecule has 0 atom stereocenters. The first-order valence-electron chi connectivity index (χ1n) is 7.09. The van der Waals surface area contributed by atoms with Crippen molar-refractivity contribution >= 4 is 11.7 Å². The number of nitrogens with one attached hydrogen (secondary N) is 1. The molecule has 1 fully saturated rings. The molecule has 116 valence electrons. The van der Waals surface area contributed by atoms with Crippen LogP contribution in [0.2, 0.25) is 0 Å². The Kier molecular flexibility index (Phi) is 6.74. The summed E-state index contributed by atoms with van der Waals surface area (Å²) in [6.07, 6.45) is 2.50. The predicted molar refractivity (Wildman–Crippen MR) is 76.7 cm³/mol. The maximum absolute atomic E-state index is 12.0. The lowest BCUT2D eigenvalue weighted by Gasteiger charge is -2.40. The highest BCUT2D eigenvalue weighted by Crippen LogP contribution is 2.22. The van der Waals surface area contributed by atoms with Gasteiger partial charge in [0.25, 0.3) is 0 Å². The molecule has 1 aliphatic rings. The van der Waals surface area contributed by atoms with Crippen LogP contribution in [0.5, 0.6) is 0 Å². The van der Waals surface area contributed by atoms with Gasteiger partial charge in [0.1, 0.15) is 5.54 Å². The van der Waals surface area contributed by atoms with Gasteiger partial charge in [-0.15, -0.1) is 0 Å². The molecular weight excluding hydrogens is 260 g/mol. The van der Waals surface area contributed by atoms with E-state index in [2.05, 4.69) is 15.4 Å². The van der Waals surface area contributed by atoms with E-state index in [1.165, 1.54) is 0 Å². The first-order valence-corrected chi connectivity index (χ1v) is 7.09. The normalized spacial score (nSPS) is 19.8. The van der Waals surface area contributed by atoms with E-state index in [4.69, 9.17) is 15.7 Å². The monoisotopic (exact) mass is 286 g/mol. The highest BCUT2D eigenvalue weighted by atomic mass is 16.5. The number of nitrogens with zero attached hydrogens (tertiary/aromatic N) is 2. The average molecular weight is 286 g/mol. The Hall–Kier alpha value is -1.34. The lowest BCUT2D eigenvalue weighted by atomic mass is 9.86. The molecule has 7 heteroatoms. The zero-order chi connectivity index (χ0) is 15.0. The Balaban J connectivity index is 2.55. The van der Waals surface area contributed by atoms with Gasteiger partial charge in [-0.3, -0.25) is 4.79 Å². The number of ether oxygens (including phenoxy) is 1. The number of carbonyl (C=O) groups is 1. The quantitative estimate of drug-likeness (QED) is 0.203. The number of carbonyl (C=O) groups excluding carboxylic acids is 1. The van der Waals surface area contributed by atoms with E-state index in [1.54, 1.807) is 0 Å². The number of hydrogen-bond donors (Lipinski definition) is 3. The Morgan fingerprint density at radius 1 is 1.45 bits per heavy atom. The van der Waals surface area contributed by atoms with E-state index in [0.29, 0.717) is 26.1 Å². The molecule has 0 bridgehead atoms. The Morgan fingerprint density at radius 3 is 2.65 bits per heavy atom. The lowest BCUT2D eigenvalue weighted by molar-refractivity contribution is -0.123. The van der Waals surface area contributed by atoms with Gasteiger partial charge >= 0.3 is 0 Å². The van der Waals surface area contributed by atoms with Crippen LogP contribution in [0.3, 0.4) is 0 Å². The molecule has 0 aliphatic carbocycles. The molecule has 0 saturated carbocycles. The second kappa shape index (κ2) is 8.06. The first-order chi connectivity index (χ1) is 9.54. The molecule has 4 N–H and O–H groups in total. The number of oxime groups is 1. The molecule has 0 aromatic rings. The minimum Gasteiger partial charge on any atom is -0.409 e. The van der Waals surface area contributed by atoms with Gasteiger partial charge in [0.15, 0.2) is 5.84 Å². The number of rotatable bonds is 7. The predicted octanol–water partition coefficient (Wildman–Crippen LogP) is 0.130.